The smallest absolute Gasteiger partial charge is 0.168 e. The molecule has 0 bridgehead atoms. The molecule has 0 N–H and O–H groups in total. The molecule has 0 saturated heterocycles. The van der Waals surface area contributed by atoms with Gasteiger partial charge in [-0.05, 0) is 30.3 Å². The molecule has 2 aromatic rings. The SMILES string of the molecule is O=Cc1ccc(Oc2ccc(F)cc2F)c(Cl)c1. The predicted octanol–water partition coefficient (Wildman–Crippen LogP) is 4.22. The van der Waals surface area contributed by atoms with Gasteiger partial charge in [0.1, 0.15) is 17.9 Å². The minimum atomic E-state index is -0.828. The summed E-state index contributed by atoms with van der Waals surface area (Å²) in [6.07, 6.45) is 0.633. The second-order valence-electron chi connectivity index (χ2n) is 3.48. The van der Waals surface area contributed by atoms with E-state index in [0.717, 1.165) is 12.1 Å². The van der Waals surface area contributed by atoms with Crippen molar-refractivity contribution in [2.45, 2.75) is 0 Å². The maximum Gasteiger partial charge on any atom is 0.168 e. The molecule has 0 saturated carbocycles. The molecule has 0 spiro atoms. The zero-order chi connectivity index (χ0) is 13.1. The number of carbonyl (C=O) groups is 1. The molecule has 5 heteroatoms. The van der Waals surface area contributed by atoms with Crippen molar-refractivity contribution in [2.75, 3.05) is 0 Å². The monoisotopic (exact) mass is 268 g/mol. The van der Waals surface area contributed by atoms with E-state index in [1.807, 2.05) is 0 Å². The summed E-state index contributed by atoms with van der Waals surface area (Å²) in [6, 6.07) is 7.26. The molecule has 0 aliphatic heterocycles. The van der Waals surface area contributed by atoms with Gasteiger partial charge in [-0.15, -0.1) is 0 Å². The molecule has 0 heterocycles. The predicted molar refractivity (Wildman–Crippen MR) is 63.3 cm³/mol. The Hall–Kier alpha value is -1.94. The number of hydrogen-bond acceptors (Lipinski definition) is 2. The van der Waals surface area contributed by atoms with Crippen LogP contribution in [0, 0.1) is 11.6 Å². The number of halogens is 3. The van der Waals surface area contributed by atoms with Crippen molar-refractivity contribution >= 4 is 17.9 Å². The molecule has 2 rings (SSSR count). The van der Waals surface area contributed by atoms with Gasteiger partial charge in [-0.25, -0.2) is 8.78 Å². The minimum Gasteiger partial charge on any atom is -0.453 e. The molecule has 0 aromatic heterocycles. The van der Waals surface area contributed by atoms with Crippen molar-refractivity contribution < 1.29 is 18.3 Å². The highest BCUT2D eigenvalue weighted by molar-refractivity contribution is 6.32. The van der Waals surface area contributed by atoms with Crippen molar-refractivity contribution in [3.05, 3.63) is 58.6 Å². The Labute approximate surface area is 107 Å². The van der Waals surface area contributed by atoms with E-state index in [2.05, 4.69) is 0 Å². The number of benzene rings is 2. The molecule has 0 aliphatic rings. The summed E-state index contributed by atoms with van der Waals surface area (Å²) in [7, 11) is 0. The number of ether oxygens (including phenoxy) is 1. The fraction of sp³-hybridized carbons (Fsp3) is 0. The van der Waals surface area contributed by atoms with Crippen molar-refractivity contribution in [3.63, 3.8) is 0 Å². The molecular weight excluding hydrogens is 262 g/mol. The van der Waals surface area contributed by atoms with Gasteiger partial charge < -0.3 is 4.74 Å². The van der Waals surface area contributed by atoms with Gasteiger partial charge in [0.05, 0.1) is 5.02 Å². The highest BCUT2D eigenvalue weighted by Gasteiger charge is 2.09. The third-order valence-corrected chi connectivity index (χ3v) is 2.50. The first-order valence-corrected chi connectivity index (χ1v) is 5.35. The van der Waals surface area contributed by atoms with Crippen LogP contribution in [0.4, 0.5) is 8.78 Å². The zero-order valence-corrected chi connectivity index (χ0v) is 9.75. The number of rotatable bonds is 3. The lowest BCUT2D eigenvalue weighted by Crippen LogP contribution is -1.91. The fourth-order valence-corrected chi connectivity index (χ4v) is 1.58. The topological polar surface area (TPSA) is 26.3 Å². The molecule has 0 fully saturated rings. The summed E-state index contributed by atoms with van der Waals surface area (Å²) in [6.45, 7) is 0. The normalized spacial score (nSPS) is 10.2. The van der Waals surface area contributed by atoms with Crippen LogP contribution >= 0.6 is 11.6 Å². The highest BCUT2D eigenvalue weighted by atomic mass is 35.5. The largest absolute Gasteiger partial charge is 0.453 e. The molecule has 92 valence electrons. The Morgan fingerprint density at radius 1 is 1.06 bits per heavy atom. The lowest BCUT2D eigenvalue weighted by molar-refractivity contribution is 0.112. The Bertz CT molecular complexity index is 600. The fourth-order valence-electron chi connectivity index (χ4n) is 1.35. The Morgan fingerprint density at radius 3 is 2.39 bits per heavy atom. The molecule has 0 atom stereocenters. The van der Waals surface area contributed by atoms with Gasteiger partial charge >= 0.3 is 0 Å². The van der Waals surface area contributed by atoms with Crippen molar-refractivity contribution in [3.8, 4) is 11.5 Å². The average Bonchev–Trinajstić information content (AvgIpc) is 2.34. The molecule has 0 amide bonds. The average molecular weight is 269 g/mol. The highest BCUT2D eigenvalue weighted by Crippen LogP contribution is 2.31. The third kappa shape index (κ3) is 2.65. The van der Waals surface area contributed by atoms with Crippen molar-refractivity contribution in [1.82, 2.24) is 0 Å². The molecule has 2 aromatic carbocycles. The lowest BCUT2D eigenvalue weighted by Gasteiger charge is -2.08. The van der Waals surface area contributed by atoms with Crippen molar-refractivity contribution in [2.24, 2.45) is 0 Å². The van der Waals surface area contributed by atoms with Crippen LogP contribution in [-0.4, -0.2) is 6.29 Å². The first-order valence-electron chi connectivity index (χ1n) is 4.98. The van der Waals surface area contributed by atoms with Crippen LogP contribution in [0.25, 0.3) is 0 Å². The minimum absolute atomic E-state index is 0.142. The summed E-state index contributed by atoms with van der Waals surface area (Å²) in [5, 5.41) is 0.170. The summed E-state index contributed by atoms with van der Waals surface area (Å²) in [5.74, 6) is -1.47. The maximum absolute atomic E-state index is 13.3. The Morgan fingerprint density at radius 2 is 1.78 bits per heavy atom. The summed E-state index contributed by atoms with van der Waals surface area (Å²) in [4.78, 5) is 10.5. The molecule has 0 aliphatic carbocycles. The Kier molecular flexibility index (Phi) is 3.58. The van der Waals surface area contributed by atoms with Gasteiger partial charge in [0.25, 0.3) is 0 Å². The second-order valence-corrected chi connectivity index (χ2v) is 3.89. The summed E-state index contributed by atoms with van der Waals surface area (Å²) in [5.41, 5.74) is 0.381. The number of hydrogen-bond donors (Lipinski definition) is 0. The van der Waals surface area contributed by atoms with E-state index in [4.69, 9.17) is 16.3 Å². The summed E-state index contributed by atoms with van der Waals surface area (Å²) >= 11 is 5.86. The van der Waals surface area contributed by atoms with Crippen LogP contribution in [-0.2, 0) is 0 Å². The standard InChI is InChI=1S/C13H7ClF2O2/c14-10-5-8(7-17)1-3-12(10)18-13-4-2-9(15)6-11(13)16/h1-7H. The van der Waals surface area contributed by atoms with Gasteiger partial charge in [0, 0.05) is 11.6 Å². The molecular formula is C13H7ClF2O2. The third-order valence-electron chi connectivity index (χ3n) is 2.21. The number of carbonyl (C=O) groups excluding carboxylic acids is 1. The van der Waals surface area contributed by atoms with Crippen molar-refractivity contribution in [1.29, 1.82) is 0 Å². The molecule has 2 nitrogen and oxygen atoms in total. The van der Waals surface area contributed by atoms with Crippen LogP contribution in [0.15, 0.2) is 36.4 Å². The van der Waals surface area contributed by atoms with E-state index in [0.29, 0.717) is 17.9 Å². The van der Waals surface area contributed by atoms with E-state index in [9.17, 15) is 13.6 Å². The van der Waals surface area contributed by atoms with Crippen LogP contribution in [0.5, 0.6) is 11.5 Å². The van der Waals surface area contributed by atoms with E-state index in [1.54, 1.807) is 0 Å². The van der Waals surface area contributed by atoms with Gasteiger partial charge in [-0.3, -0.25) is 4.79 Å². The van der Waals surface area contributed by atoms with Gasteiger partial charge in [0.15, 0.2) is 11.6 Å². The van der Waals surface area contributed by atoms with Gasteiger partial charge in [-0.1, -0.05) is 11.6 Å². The van der Waals surface area contributed by atoms with Crippen LogP contribution in [0.3, 0.4) is 0 Å². The molecule has 0 radical (unpaired) electrons. The van der Waals surface area contributed by atoms with Crippen LogP contribution in [0.2, 0.25) is 5.02 Å². The van der Waals surface area contributed by atoms with E-state index in [1.165, 1.54) is 18.2 Å². The number of aldehydes is 1. The van der Waals surface area contributed by atoms with Gasteiger partial charge in [0.2, 0.25) is 0 Å². The second kappa shape index (κ2) is 5.14. The van der Waals surface area contributed by atoms with Crippen LogP contribution in [0.1, 0.15) is 10.4 Å². The van der Waals surface area contributed by atoms with E-state index >= 15 is 0 Å². The quantitative estimate of drug-likeness (QED) is 0.779. The lowest BCUT2D eigenvalue weighted by atomic mass is 10.2. The van der Waals surface area contributed by atoms with E-state index in [-0.39, 0.29) is 16.5 Å². The van der Waals surface area contributed by atoms with E-state index < -0.39 is 11.6 Å². The Balaban J connectivity index is 2.31. The first kappa shape index (κ1) is 12.5. The first-order chi connectivity index (χ1) is 8.60. The zero-order valence-electron chi connectivity index (χ0n) is 8.99. The molecule has 0 unspecified atom stereocenters. The maximum atomic E-state index is 13.3. The molecule has 18 heavy (non-hydrogen) atoms. The van der Waals surface area contributed by atoms with Gasteiger partial charge in [-0.2, -0.15) is 0 Å². The summed E-state index contributed by atoms with van der Waals surface area (Å²) < 4.78 is 31.3. The van der Waals surface area contributed by atoms with Crippen LogP contribution < -0.4 is 4.74 Å².